The van der Waals surface area contributed by atoms with Crippen LogP contribution in [0.2, 0.25) is 0 Å². The van der Waals surface area contributed by atoms with Crippen LogP contribution in [0.25, 0.3) is 0 Å². The molecule has 0 aromatic heterocycles. The van der Waals surface area contributed by atoms with Crippen molar-refractivity contribution in [3.63, 3.8) is 0 Å². The SMILES string of the molecule is CCCOC(OP(=O)(OCC1CO1)Oc1ccccc1)C1CO1. The third kappa shape index (κ3) is 5.57. The van der Waals surface area contributed by atoms with Gasteiger partial charge in [-0.25, -0.2) is 9.09 Å². The molecule has 0 saturated carbocycles. The zero-order valence-corrected chi connectivity index (χ0v) is 13.9. The fourth-order valence-corrected chi connectivity index (χ4v) is 3.14. The molecule has 8 heteroatoms. The average Bonchev–Trinajstić information content (AvgIpc) is 3.44. The van der Waals surface area contributed by atoms with Gasteiger partial charge in [-0.2, -0.15) is 0 Å². The van der Waals surface area contributed by atoms with Crippen LogP contribution >= 0.6 is 7.82 Å². The van der Waals surface area contributed by atoms with E-state index in [9.17, 15) is 4.57 Å². The third-order valence-corrected chi connectivity index (χ3v) is 4.53. The molecule has 7 nitrogen and oxygen atoms in total. The summed E-state index contributed by atoms with van der Waals surface area (Å²) in [6.45, 7) is 3.70. The first-order valence-electron chi connectivity index (χ1n) is 7.71. The lowest BCUT2D eigenvalue weighted by Crippen LogP contribution is -2.25. The predicted octanol–water partition coefficient (Wildman–Crippen LogP) is 2.76. The van der Waals surface area contributed by atoms with E-state index in [1.165, 1.54) is 0 Å². The Morgan fingerprint density at radius 1 is 1.26 bits per heavy atom. The van der Waals surface area contributed by atoms with Crippen molar-refractivity contribution in [2.75, 3.05) is 26.4 Å². The van der Waals surface area contributed by atoms with Crippen molar-refractivity contribution in [3.8, 4) is 5.75 Å². The average molecular weight is 344 g/mol. The second-order valence-corrected chi connectivity index (χ2v) is 6.87. The van der Waals surface area contributed by atoms with Crippen LogP contribution in [-0.4, -0.2) is 44.9 Å². The van der Waals surface area contributed by atoms with Gasteiger partial charge in [-0.05, 0) is 18.6 Å². The molecule has 2 aliphatic rings. The van der Waals surface area contributed by atoms with Crippen LogP contribution in [0.5, 0.6) is 5.75 Å². The normalized spacial score (nSPS) is 26.3. The largest absolute Gasteiger partial charge is 0.532 e. The lowest BCUT2D eigenvalue weighted by atomic mass is 10.3. The highest BCUT2D eigenvalue weighted by Gasteiger charge is 2.43. The van der Waals surface area contributed by atoms with Crippen LogP contribution in [0, 0.1) is 0 Å². The number of benzene rings is 1. The number of rotatable bonds is 11. The zero-order valence-electron chi connectivity index (χ0n) is 13.0. The molecule has 128 valence electrons. The Morgan fingerprint density at radius 3 is 2.61 bits per heavy atom. The quantitative estimate of drug-likeness (QED) is 0.347. The summed E-state index contributed by atoms with van der Waals surface area (Å²) >= 11 is 0. The van der Waals surface area contributed by atoms with Gasteiger partial charge in [0, 0.05) is 6.61 Å². The van der Waals surface area contributed by atoms with Crippen LogP contribution in [0.4, 0.5) is 0 Å². The Bertz CT molecular complexity index is 530. The zero-order chi connectivity index (χ0) is 16.1. The minimum absolute atomic E-state index is 0.0570. The monoisotopic (exact) mass is 344 g/mol. The number of hydrogen-bond acceptors (Lipinski definition) is 7. The first-order valence-corrected chi connectivity index (χ1v) is 9.17. The van der Waals surface area contributed by atoms with Gasteiger partial charge in [0.15, 0.2) is 6.29 Å². The number of phosphoric acid groups is 1. The summed E-state index contributed by atoms with van der Waals surface area (Å²) in [7, 11) is -3.85. The summed E-state index contributed by atoms with van der Waals surface area (Å²) in [4.78, 5) is 0. The first kappa shape index (κ1) is 16.9. The van der Waals surface area contributed by atoms with Gasteiger partial charge in [0.1, 0.15) is 18.0 Å². The molecule has 4 atom stereocenters. The molecule has 0 amide bonds. The predicted molar refractivity (Wildman–Crippen MR) is 81.2 cm³/mol. The highest BCUT2D eigenvalue weighted by Crippen LogP contribution is 2.52. The first-order chi connectivity index (χ1) is 11.2. The highest BCUT2D eigenvalue weighted by molar-refractivity contribution is 7.49. The summed E-state index contributed by atoms with van der Waals surface area (Å²) in [5.41, 5.74) is 0. The molecule has 2 aliphatic heterocycles. The van der Waals surface area contributed by atoms with E-state index in [-0.39, 0.29) is 18.8 Å². The van der Waals surface area contributed by atoms with E-state index in [0.717, 1.165) is 6.42 Å². The summed E-state index contributed by atoms with van der Waals surface area (Å²) in [6, 6.07) is 8.76. The summed E-state index contributed by atoms with van der Waals surface area (Å²) in [5, 5.41) is 0. The Labute approximate surface area is 135 Å². The van der Waals surface area contributed by atoms with Crippen LogP contribution < -0.4 is 4.52 Å². The number of phosphoric ester groups is 1. The molecule has 23 heavy (non-hydrogen) atoms. The van der Waals surface area contributed by atoms with Crippen molar-refractivity contribution in [2.45, 2.75) is 31.8 Å². The molecule has 0 N–H and O–H groups in total. The molecule has 3 rings (SSSR count). The maximum Gasteiger partial charge on any atom is 0.532 e. The second-order valence-electron chi connectivity index (χ2n) is 5.32. The van der Waals surface area contributed by atoms with E-state index in [1.54, 1.807) is 24.3 Å². The maximum absolute atomic E-state index is 13.0. The minimum Gasteiger partial charge on any atom is -0.404 e. The standard InChI is InChI=1S/C15H21O7P/c1-2-8-17-15(14-11-19-14)22-23(16,20-10-13-9-18-13)21-12-6-4-3-5-7-12/h3-7,13-15H,2,8-11H2,1H3. The van der Waals surface area contributed by atoms with Crippen molar-refractivity contribution in [1.29, 1.82) is 0 Å². The van der Waals surface area contributed by atoms with Crippen molar-refractivity contribution in [2.24, 2.45) is 0 Å². The molecule has 0 spiro atoms. The molecule has 0 bridgehead atoms. The molecule has 0 radical (unpaired) electrons. The van der Waals surface area contributed by atoms with E-state index in [0.29, 0.717) is 25.6 Å². The fourth-order valence-electron chi connectivity index (χ4n) is 1.81. The summed E-state index contributed by atoms with van der Waals surface area (Å²) in [6.07, 6.45) is -0.258. The van der Waals surface area contributed by atoms with Crippen molar-refractivity contribution < 1.29 is 32.3 Å². The van der Waals surface area contributed by atoms with Crippen LogP contribution in [0.15, 0.2) is 30.3 Å². The smallest absolute Gasteiger partial charge is 0.404 e. The maximum atomic E-state index is 13.0. The molecule has 2 fully saturated rings. The third-order valence-electron chi connectivity index (χ3n) is 3.16. The van der Waals surface area contributed by atoms with Crippen LogP contribution in [0.3, 0.4) is 0 Å². The molecular weight excluding hydrogens is 323 g/mol. The van der Waals surface area contributed by atoms with Crippen LogP contribution in [-0.2, 0) is 27.8 Å². The van der Waals surface area contributed by atoms with Crippen molar-refractivity contribution >= 4 is 7.82 Å². The van der Waals surface area contributed by atoms with Gasteiger partial charge in [-0.1, -0.05) is 25.1 Å². The van der Waals surface area contributed by atoms with Gasteiger partial charge in [0.05, 0.1) is 19.8 Å². The van der Waals surface area contributed by atoms with Gasteiger partial charge in [-0.3, -0.25) is 4.52 Å². The molecule has 2 saturated heterocycles. The second kappa shape index (κ2) is 7.75. The van der Waals surface area contributed by atoms with E-state index in [1.807, 2.05) is 13.0 Å². The van der Waals surface area contributed by atoms with E-state index in [4.69, 9.17) is 27.8 Å². The lowest BCUT2D eigenvalue weighted by Gasteiger charge is -2.23. The van der Waals surface area contributed by atoms with E-state index in [2.05, 4.69) is 0 Å². The van der Waals surface area contributed by atoms with Gasteiger partial charge in [0.2, 0.25) is 0 Å². The molecule has 4 unspecified atom stereocenters. The number of hydrogen-bond donors (Lipinski definition) is 0. The lowest BCUT2D eigenvalue weighted by molar-refractivity contribution is -0.107. The summed E-state index contributed by atoms with van der Waals surface area (Å²) < 4.78 is 45.2. The van der Waals surface area contributed by atoms with E-state index >= 15 is 0 Å². The Kier molecular flexibility index (Phi) is 5.69. The highest BCUT2D eigenvalue weighted by atomic mass is 31.2. The summed E-state index contributed by atoms with van der Waals surface area (Å²) in [5.74, 6) is 0.401. The van der Waals surface area contributed by atoms with Crippen LogP contribution in [0.1, 0.15) is 13.3 Å². The van der Waals surface area contributed by atoms with Crippen molar-refractivity contribution in [3.05, 3.63) is 30.3 Å². The van der Waals surface area contributed by atoms with Gasteiger partial charge < -0.3 is 18.7 Å². The van der Waals surface area contributed by atoms with E-state index < -0.39 is 14.1 Å². The number of epoxide rings is 2. The Balaban J connectivity index is 1.66. The molecule has 2 heterocycles. The van der Waals surface area contributed by atoms with Gasteiger partial charge >= 0.3 is 7.82 Å². The Hall–Kier alpha value is -0.950. The fraction of sp³-hybridized carbons (Fsp3) is 0.600. The number of para-hydroxylation sites is 1. The molecule has 1 aromatic carbocycles. The number of ether oxygens (including phenoxy) is 3. The molecular formula is C15H21O7P. The minimum atomic E-state index is -3.85. The van der Waals surface area contributed by atoms with Crippen molar-refractivity contribution in [1.82, 2.24) is 0 Å². The molecule has 0 aliphatic carbocycles. The molecule has 1 aromatic rings. The Morgan fingerprint density at radius 2 is 2.00 bits per heavy atom. The van der Waals surface area contributed by atoms with Gasteiger partial charge in [0.25, 0.3) is 0 Å². The topological polar surface area (TPSA) is 79.1 Å². The van der Waals surface area contributed by atoms with Gasteiger partial charge in [-0.15, -0.1) is 0 Å².